The fraction of sp³-hybridized carbons (Fsp3) is 0.308. The first-order valence-electron chi connectivity index (χ1n) is 6.02. The molecule has 0 unspecified atom stereocenters. The summed E-state index contributed by atoms with van der Waals surface area (Å²) in [6, 6.07) is 9.66. The van der Waals surface area contributed by atoms with Crippen molar-refractivity contribution >= 4 is 5.91 Å². The first-order chi connectivity index (χ1) is 8.81. The highest BCUT2D eigenvalue weighted by molar-refractivity contribution is 5.81. The van der Waals surface area contributed by atoms with E-state index in [0.717, 1.165) is 30.1 Å². The van der Waals surface area contributed by atoms with Crippen LogP contribution in [-0.4, -0.2) is 27.7 Å². The van der Waals surface area contributed by atoms with Crippen LogP contribution in [-0.2, 0) is 11.2 Å². The highest BCUT2D eigenvalue weighted by atomic mass is 16.2. The van der Waals surface area contributed by atoms with Gasteiger partial charge in [-0.2, -0.15) is 0 Å². The number of rotatable bonds is 2. The standard InChI is InChI=1S/C13H14N4O/c1-14-13(18)10-7-8-11-15-16-12(17(10)11)9-5-3-2-4-6-9/h2-6,10H,7-8H2,1H3,(H,14,18)/t10-/m1/s1. The van der Waals surface area contributed by atoms with Gasteiger partial charge in [0.25, 0.3) is 0 Å². The lowest BCUT2D eigenvalue weighted by atomic mass is 10.2. The Morgan fingerprint density at radius 1 is 1.33 bits per heavy atom. The van der Waals surface area contributed by atoms with Crippen LogP contribution in [0, 0.1) is 0 Å². The molecule has 1 aliphatic rings. The van der Waals surface area contributed by atoms with Gasteiger partial charge in [-0.1, -0.05) is 30.3 Å². The minimum Gasteiger partial charge on any atom is -0.357 e. The summed E-state index contributed by atoms with van der Waals surface area (Å²) in [6.07, 6.45) is 1.60. The van der Waals surface area contributed by atoms with Gasteiger partial charge in [0.15, 0.2) is 5.82 Å². The van der Waals surface area contributed by atoms with E-state index in [1.165, 1.54) is 0 Å². The number of likely N-dealkylation sites (N-methyl/N-ethyl adjacent to an activating group) is 1. The minimum absolute atomic E-state index is 0.0192. The number of nitrogens with zero attached hydrogens (tertiary/aromatic N) is 3. The first kappa shape index (κ1) is 11.0. The fourth-order valence-corrected chi connectivity index (χ4v) is 2.42. The third-order valence-electron chi connectivity index (χ3n) is 3.30. The van der Waals surface area contributed by atoms with Gasteiger partial charge in [0, 0.05) is 19.0 Å². The third kappa shape index (κ3) is 1.59. The zero-order valence-corrected chi connectivity index (χ0v) is 10.1. The van der Waals surface area contributed by atoms with Crippen LogP contribution in [0.15, 0.2) is 30.3 Å². The van der Waals surface area contributed by atoms with Crippen molar-refractivity contribution in [3.63, 3.8) is 0 Å². The summed E-state index contributed by atoms with van der Waals surface area (Å²) in [7, 11) is 1.66. The van der Waals surface area contributed by atoms with Crippen LogP contribution < -0.4 is 5.32 Å². The molecule has 0 saturated heterocycles. The number of carbonyl (C=O) groups excluding carboxylic acids is 1. The van der Waals surface area contributed by atoms with E-state index in [1.54, 1.807) is 7.05 Å². The van der Waals surface area contributed by atoms with Crippen LogP contribution in [0.25, 0.3) is 11.4 Å². The fourth-order valence-electron chi connectivity index (χ4n) is 2.42. The molecule has 92 valence electrons. The Kier molecular flexibility index (Phi) is 2.59. The lowest BCUT2D eigenvalue weighted by molar-refractivity contribution is -0.123. The molecule has 2 heterocycles. The monoisotopic (exact) mass is 242 g/mol. The number of nitrogens with one attached hydrogen (secondary N) is 1. The van der Waals surface area contributed by atoms with E-state index in [4.69, 9.17) is 0 Å². The summed E-state index contributed by atoms with van der Waals surface area (Å²) in [5.41, 5.74) is 0.993. The van der Waals surface area contributed by atoms with Gasteiger partial charge >= 0.3 is 0 Å². The highest BCUT2D eigenvalue weighted by Crippen LogP contribution is 2.30. The van der Waals surface area contributed by atoms with Crippen LogP contribution in [0.1, 0.15) is 18.3 Å². The molecule has 3 rings (SSSR count). The van der Waals surface area contributed by atoms with Crippen molar-refractivity contribution in [2.45, 2.75) is 18.9 Å². The average molecular weight is 242 g/mol. The molecule has 0 aliphatic carbocycles. The van der Waals surface area contributed by atoms with Crippen molar-refractivity contribution in [1.82, 2.24) is 20.1 Å². The number of benzene rings is 1. The second kappa shape index (κ2) is 4.25. The molecule has 18 heavy (non-hydrogen) atoms. The molecule has 1 aliphatic heterocycles. The van der Waals surface area contributed by atoms with Crippen LogP contribution in [0.2, 0.25) is 0 Å². The average Bonchev–Trinajstić information content (AvgIpc) is 3.00. The van der Waals surface area contributed by atoms with Gasteiger partial charge in [0.05, 0.1) is 0 Å². The van der Waals surface area contributed by atoms with Crippen molar-refractivity contribution in [2.75, 3.05) is 7.05 Å². The lowest BCUT2D eigenvalue weighted by Crippen LogP contribution is -2.28. The smallest absolute Gasteiger partial charge is 0.242 e. The molecule has 0 fully saturated rings. The summed E-state index contributed by atoms with van der Waals surface area (Å²) < 4.78 is 1.95. The lowest BCUT2D eigenvalue weighted by Gasteiger charge is -2.13. The van der Waals surface area contributed by atoms with Crippen molar-refractivity contribution in [2.24, 2.45) is 0 Å². The van der Waals surface area contributed by atoms with Crippen molar-refractivity contribution in [3.8, 4) is 11.4 Å². The maximum atomic E-state index is 11.9. The van der Waals surface area contributed by atoms with E-state index in [2.05, 4.69) is 15.5 Å². The van der Waals surface area contributed by atoms with E-state index in [0.29, 0.717) is 0 Å². The molecule has 2 aromatic rings. The maximum absolute atomic E-state index is 11.9. The first-order valence-corrected chi connectivity index (χ1v) is 6.02. The molecular formula is C13H14N4O. The Bertz CT molecular complexity index is 576. The molecule has 1 N–H and O–H groups in total. The summed E-state index contributed by atoms with van der Waals surface area (Å²) in [5.74, 6) is 1.69. The summed E-state index contributed by atoms with van der Waals surface area (Å²) in [4.78, 5) is 11.9. The number of hydrogen-bond acceptors (Lipinski definition) is 3. The molecule has 5 heteroatoms. The van der Waals surface area contributed by atoms with Gasteiger partial charge in [0.1, 0.15) is 11.9 Å². The topological polar surface area (TPSA) is 59.8 Å². The molecule has 1 aromatic carbocycles. The third-order valence-corrected chi connectivity index (χ3v) is 3.30. The predicted molar refractivity (Wildman–Crippen MR) is 66.9 cm³/mol. The van der Waals surface area contributed by atoms with E-state index >= 15 is 0 Å². The summed E-state index contributed by atoms with van der Waals surface area (Å²) in [6.45, 7) is 0. The van der Waals surface area contributed by atoms with Crippen LogP contribution in [0.4, 0.5) is 0 Å². The van der Waals surface area contributed by atoms with E-state index < -0.39 is 0 Å². The molecule has 0 bridgehead atoms. The van der Waals surface area contributed by atoms with Gasteiger partial charge in [-0.3, -0.25) is 9.36 Å². The predicted octanol–water partition coefficient (Wildman–Crippen LogP) is 1.18. The van der Waals surface area contributed by atoms with Crippen LogP contribution in [0.3, 0.4) is 0 Å². The van der Waals surface area contributed by atoms with Gasteiger partial charge < -0.3 is 5.32 Å². The van der Waals surface area contributed by atoms with Crippen molar-refractivity contribution < 1.29 is 4.79 Å². The number of amides is 1. The van der Waals surface area contributed by atoms with E-state index in [9.17, 15) is 4.79 Å². The second-order valence-electron chi connectivity index (χ2n) is 4.34. The highest BCUT2D eigenvalue weighted by Gasteiger charge is 2.31. The Hall–Kier alpha value is -2.17. The Morgan fingerprint density at radius 3 is 2.83 bits per heavy atom. The maximum Gasteiger partial charge on any atom is 0.242 e. The largest absolute Gasteiger partial charge is 0.357 e. The number of aryl methyl sites for hydroxylation is 1. The van der Waals surface area contributed by atoms with Gasteiger partial charge in [-0.25, -0.2) is 0 Å². The van der Waals surface area contributed by atoms with Crippen molar-refractivity contribution in [3.05, 3.63) is 36.2 Å². The normalized spacial score (nSPS) is 17.5. The number of hydrogen-bond donors (Lipinski definition) is 1. The quantitative estimate of drug-likeness (QED) is 0.860. The Labute approximate surface area is 105 Å². The van der Waals surface area contributed by atoms with E-state index in [1.807, 2.05) is 34.9 Å². The molecule has 5 nitrogen and oxygen atoms in total. The summed E-state index contributed by atoms with van der Waals surface area (Å²) in [5, 5.41) is 11.1. The van der Waals surface area contributed by atoms with Crippen molar-refractivity contribution in [1.29, 1.82) is 0 Å². The zero-order valence-electron chi connectivity index (χ0n) is 10.1. The van der Waals surface area contributed by atoms with Gasteiger partial charge in [-0.15, -0.1) is 10.2 Å². The number of fused-ring (bicyclic) bond motifs is 1. The SMILES string of the molecule is CNC(=O)[C@H]1CCc2nnc(-c3ccccc3)n21. The molecule has 1 atom stereocenters. The van der Waals surface area contributed by atoms with Gasteiger partial charge in [-0.05, 0) is 6.42 Å². The van der Waals surface area contributed by atoms with E-state index in [-0.39, 0.29) is 11.9 Å². The van der Waals surface area contributed by atoms with Crippen LogP contribution >= 0.6 is 0 Å². The Morgan fingerprint density at radius 2 is 2.11 bits per heavy atom. The minimum atomic E-state index is -0.185. The second-order valence-corrected chi connectivity index (χ2v) is 4.34. The molecule has 0 radical (unpaired) electrons. The molecule has 1 amide bonds. The zero-order chi connectivity index (χ0) is 12.5. The molecule has 1 aromatic heterocycles. The number of aromatic nitrogens is 3. The van der Waals surface area contributed by atoms with Crippen LogP contribution in [0.5, 0.6) is 0 Å². The Balaban J connectivity index is 2.07. The number of carbonyl (C=O) groups is 1. The van der Waals surface area contributed by atoms with Gasteiger partial charge in [0.2, 0.25) is 5.91 Å². The summed E-state index contributed by atoms with van der Waals surface area (Å²) >= 11 is 0. The molecular weight excluding hydrogens is 228 g/mol. The molecule has 0 spiro atoms. The molecule has 0 saturated carbocycles.